The van der Waals surface area contributed by atoms with Gasteiger partial charge in [-0.3, -0.25) is 4.72 Å². The molecular formula is C11H9BrClN3O3S2. The second-order valence-electron chi connectivity index (χ2n) is 3.84. The Labute approximate surface area is 138 Å². The number of oxime groups is 1. The number of amidine groups is 1. The van der Waals surface area contributed by atoms with Crippen molar-refractivity contribution in [3.05, 3.63) is 44.7 Å². The van der Waals surface area contributed by atoms with Crippen LogP contribution in [0.5, 0.6) is 0 Å². The Kier molecular flexibility index (Phi) is 4.77. The molecule has 0 saturated heterocycles. The van der Waals surface area contributed by atoms with Crippen LogP contribution in [0.4, 0.5) is 5.69 Å². The molecule has 0 fully saturated rings. The lowest BCUT2D eigenvalue weighted by Gasteiger charge is -2.11. The number of nitrogens with one attached hydrogen (secondary N) is 1. The molecule has 0 unspecified atom stereocenters. The fourth-order valence-corrected chi connectivity index (χ4v) is 4.77. The Hall–Kier alpha value is -1.29. The molecule has 2 aromatic rings. The molecule has 0 aliphatic heterocycles. The molecule has 0 aliphatic rings. The summed E-state index contributed by atoms with van der Waals surface area (Å²) in [5.41, 5.74) is 5.87. The highest BCUT2D eigenvalue weighted by atomic mass is 79.9. The molecular weight excluding hydrogens is 402 g/mol. The predicted octanol–water partition coefficient (Wildman–Crippen LogP) is 3.06. The maximum atomic E-state index is 12.3. The third-order valence-corrected chi connectivity index (χ3v) is 6.14. The van der Waals surface area contributed by atoms with E-state index >= 15 is 0 Å². The zero-order chi connectivity index (χ0) is 15.6. The molecule has 0 spiro atoms. The number of anilines is 1. The summed E-state index contributed by atoms with van der Waals surface area (Å²) >= 11 is 10.1. The molecule has 2 rings (SSSR count). The monoisotopic (exact) mass is 409 g/mol. The molecule has 0 amide bonds. The number of rotatable bonds is 4. The van der Waals surface area contributed by atoms with Crippen LogP contribution in [0.2, 0.25) is 5.02 Å². The van der Waals surface area contributed by atoms with Crippen molar-refractivity contribution in [3.63, 3.8) is 0 Å². The average molecular weight is 411 g/mol. The smallest absolute Gasteiger partial charge is 0.271 e. The topological polar surface area (TPSA) is 105 Å². The van der Waals surface area contributed by atoms with Crippen molar-refractivity contribution in [2.45, 2.75) is 4.21 Å². The zero-order valence-electron chi connectivity index (χ0n) is 10.2. The Morgan fingerprint density at radius 1 is 1.38 bits per heavy atom. The maximum Gasteiger partial charge on any atom is 0.271 e. The van der Waals surface area contributed by atoms with Crippen LogP contribution in [-0.4, -0.2) is 19.5 Å². The van der Waals surface area contributed by atoms with Gasteiger partial charge in [0.05, 0.1) is 9.47 Å². The molecule has 0 radical (unpaired) electrons. The SMILES string of the molecule is NC(=NO)c1ccc(Cl)cc1NS(=O)(=O)c1ccc(Br)s1. The van der Waals surface area contributed by atoms with E-state index in [0.29, 0.717) is 8.81 Å². The number of halogens is 2. The van der Waals surface area contributed by atoms with Gasteiger partial charge in [0.15, 0.2) is 5.84 Å². The number of nitrogens with two attached hydrogens (primary N) is 1. The lowest BCUT2D eigenvalue weighted by Crippen LogP contribution is -2.19. The first-order chi connectivity index (χ1) is 9.83. The Balaban J connectivity index is 2.46. The summed E-state index contributed by atoms with van der Waals surface area (Å²) in [5.74, 6) is -0.225. The van der Waals surface area contributed by atoms with Crippen LogP contribution in [-0.2, 0) is 10.0 Å². The van der Waals surface area contributed by atoms with Gasteiger partial charge in [-0.05, 0) is 46.3 Å². The molecule has 0 aliphatic carbocycles. The molecule has 0 atom stereocenters. The van der Waals surface area contributed by atoms with E-state index < -0.39 is 10.0 Å². The van der Waals surface area contributed by atoms with E-state index in [0.717, 1.165) is 11.3 Å². The summed E-state index contributed by atoms with van der Waals surface area (Å²) in [6.07, 6.45) is 0. The molecule has 1 aromatic carbocycles. The van der Waals surface area contributed by atoms with Crippen molar-refractivity contribution < 1.29 is 13.6 Å². The van der Waals surface area contributed by atoms with E-state index in [1.165, 1.54) is 24.3 Å². The van der Waals surface area contributed by atoms with Gasteiger partial charge in [-0.1, -0.05) is 16.8 Å². The molecule has 21 heavy (non-hydrogen) atoms. The van der Waals surface area contributed by atoms with E-state index in [-0.39, 0.29) is 21.3 Å². The van der Waals surface area contributed by atoms with Gasteiger partial charge in [-0.25, -0.2) is 8.42 Å². The van der Waals surface area contributed by atoms with E-state index in [2.05, 4.69) is 25.8 Å². The predicted molar refractivity (Wildman–Crippen MR) is 86.8 cm³/mol. The van der Waals surface area contributed by atoms with Crippen molar-refractivity contribution in [1.82, 2.24) is 0 Å². The highest BCUT2D eigenvalue weighted by molar-refractivity contribution is 9.11. The number of sulfonamides is 1. The van der Waals surface area contributed by atoms with E-state index in [4.69, 9.17) is 22.5 Å². The number of thiophene rings is 1. The average Bonchev–Trinajstić information content (AvgIpc) is 2.85. The summed E-state index contributed by atoms with van der Waals surface area (Å²) in [4.78, 5) is 0. The molecule has 0 saturated carbocycles. The Morgan fingerprint density at radius 2 is 2.10 bits per heavy atom. The molecule has 10 heteroatoms. The fourth-order valence-electron chi connectivity index (χ4n) is 1.52. The van der Waals surface area contributed by atoms with Gasteiger partial charge in [0.25, 0.3) is 10.0 Å². The minimum Gasteiger partial charge on any atom is -0.409 e. The number of benzene rings is 1. The quantitative estimate of drug-likeness (QED) is 0.312. The van der Waals surface area contributed by atoms with Gasteiger partial charge >= 0.3 is 0 Å². The summed E-state index contributed by atoms with van der Waals surface area (Å²) < 4.78 is 27.8. The van der Waals surface area contributed by atoms with Crippen LogP contribution in [0.1, 0.15) is 5.56 Å². The number of hydrogen-bond acceptors (Lipinski definition) is 5. The molecule has 1 aromatic heterocycles. The van der Waals surface area contributed by atoms with E-state index in [9.17, 15) is 8.42 Å². The third-order valence-electron chi connectivity index (χ3n) is 2.42. The van der Waals surface area contributed by atoms with Gasteiger partial charge in [0.1, 0.15) is 4.21 Å². The van der Waals surface area contributed by atoms with Crippen molar-refractivity contribution in [2.24, 2.45) is 10.9 Å². The lowest BCUT2D eigenvalue weighted by molar-refractivity contribution is 0.318. The van der Waals surface area contributed by atoms with Crippen molar-refractivity contribution in [1.29, 1.82) is 0 Å². The highest BCUT2D eigenvalue weighted by Gasteiger charge is 2.19. The van der Waals surface area contributed by atoms with Crippen LogP contribution in [0, 0.1) is 0 Å². The first-order valence-corrected chi connectivity index (χ1v) is 8.86. The van der Waals surface area contributed by atoms with E-state index in [1.807, 2.05) is 0 Å². The summed E-state index contributed by atoms with van der Waals surface area (Å²) in [6.45, 7) is 0. The normalized spacial score (nSPS) is 12.4. The molecule has 4 N–H and O–H groups in total. The van der Waals surface area contributed by atoms with Crippen molar-refractivity contribution >= 4 is 60.4 Å². The minimum absolute atomic E-state index is 0.125. The third kappa shape index (κ3) is 3.67. The summed E-state index contributed by atoms with van der Waals surface area (Å²) in [5, 5.41) is 11.9. The van der Waals surface area contributed by atoms with Gasteiger partial charge in [-0.15, -0.1) is 11.3 Å². The molecule has 1 heterocycles. The lowest BCUT2D eigenvalue weighted by atomic mass is 10.1. The summed E-state index contributed by atoms with van der Waals surface area (Å²) in [7, 11) is -3.79. The van der Waals surface area contributed by atoms with E-state index in [1.54, 1.807) is 6.07 Å². The Morgan fingerprint density at radius 3 is 2.67 bits per heavy atom. The second-order valence-corrected chi connectivity index (χ2v) is 8.65. The van der Waals surface area contributed by atoms with Crippen LogP contribution in [0.25, 0.3) is 0 Å². The number of hydrogen-bond donors (Lipinski definition) is 3. The molecule has 0 bridgehead atoms. The van der Waals surface area contributed by atoms with Crippen LogP contribution in [0.3, 0.4) is 0 Å². The minimum atomic E-state index is -3.79. The molecule has 6 nitrogen and oxygen atoms in total. The van der Waals surface area contributed by atoms with Crippen LogP contribution >= 0.6 is 38.9 Å². The maximum absolute atomic E-state index is 12.3. The standard InChI is InChI=1S/C11H9BrClN3O3S2/c12-9-3-4-10(20-9)21(18,19)16-8-5-6(13)1-2-7(8)11(14)15-17/h1-5,16-17H,(H2,14,15). The first-order valence-electron chi connectivity index (χ1n) is 5.39. The van der Waals surface area contributed by atoms with Crippen LogP contribution < -0.4 is 10.5 Å². The fraction of sp³-hybridized carbons (Fsp3) is 0. The van der Waals surface area contributed by atoms with Gasteiger partial charge < -0.3 is 10.9 Å². The highest BCUT2D eigenvalue weighted by Crippen LogP contribution is 2.29. The van der Waals surface area contributed by atoms with Crippen LogP contribution in [0.15, 0.2) is 43.5 Å². The van der Waals surface area contributed by atoms with Crippen molar-refractivity contribution in [3.8, 4) is 0 Å². The van der Waals surface area contributed by atoms with Gasteiger partial charge in [0.2, 0.25) is 0 Å². The largest absolute Gasteiger partial charge is 0.409 e. The van der Waals surface area contributed by atoms with Crippen molar-refractivity contribution in [2.75, 3.05) is 4.72 Å². The van der Waals surface area contributed by atoms with Gasteiger partial charge in [0, 0.05) is 10.6 Å². The van der Waals surface area contributed by atoms with Gasteiger partial charge in [-0.2, -0.15) is 0 Å². The number of nitrogens with zero attached hydrogens (tertiary/aromatic N) is 1. The second kappa shape index (κ2) is 6.22. The molecule has 112 valence electrons. The zero-order valence-corrected chi connectivity index (χ0v) is 14.2. The summed E-state index contributed by atoms with van der Waals surface area (Å²) in [6, 6.07) is 7.44. The first kappa shape index (κ1) is 16.1. The Bertz CT molecular complexity index is 805.